The van der Waals surface area contributed by atoms with Crippen LogP contribution in [0, 0.1) is 5.41 Å². The van der Waals surface area contributed by atoms with Crippen LogP contribution in [0.3, 0.4) is 0 Å². The molecule has 148 valence electrons. The fraction of sp³-hybridized carbons (Fsp3) is 0.350. The van der Waals surface area contributed by atoms with E-state index in [4.69, 9.17) is 0 Å². The first kappa shape index (κ1) is 17.6. The molecule has 5 rings (SSSR count). The molecule has 1 fully saturated rings. The van der Waals surface area contributed by atoms with Crippen LogP contribution in [-0.2, 0) is 4.79 Å². The largest absolute Gasteiger partial charge is 0.351 e. The summed E-state index contributed by atoms with van der Waals surface area (Å²) >= 11 is 0. The van der Waals surface area contributed by atoms with Gasteiger partial charge >= 0.3 is 0 Å². The zero-order chi connectivity index (χ0) is 20.2. The van der Waals surface area contributed by atoms with E-state index in [1.54, 1.807) is 23.5 Å². The molecule has 0 radical (unpaired) electrons. The first-order valence-electron chi connectivity index (χ1n) is 9.55. The van der Waals surface area contributed by atoms with Crippen LogP contribution in [0.25, 0.3) is 27.8 Å². The predicted molar refractivity (Wildman–Crippen MR) is 109 cm³/mol. The number of anilines is 1. The smallest absolute Gasteiger partial charge is 0.228 e. The Morgan fingerprint density at radius 1 is 1.31 bits per heavy atom. The molecule has 2 N–H and O–H groups in total. The number of rotatable bonds is 4. The van der Waals surface area contributed by atoms with Gasteiger partial charge in [-0.15, -0.1) is 0 Å². The Labute approximate surface area is 167 Å². The highest BCUT2D eigenvalue weighted by Crippen LogP contribution is 2.43. The van der Waals surface area contributed by atoms with Gasteiger partial charge in [-0.3, -0.25) is 4.79 Å². The standard InChI is InChI=1S/C20H22N8O/c1-20(18(29)27(2)3)6-13(7-20)25-19-22-9-15-14(8-21-17(15)26-19)12-4-5-16-23-11-24-28(16)10-12/h4-5,8-11,13H,6-7H2,1-3H3,(H2,21,22,25,26). The van der Waals surface area contributed by atoms with Crippen LogP contribution in [0.1, 0.15) is 19.8 Å². The van der Waals surface area contributed by atoms with Crippen molar-refractivity contribution in [3.8, 4) is 11.1 Å². The molecule has 1 aliphatic carbocycles. The first-order chi connectivity index (χ1) is 13.9. The summed E-state index contributed by atoms with van der Waals surface area (Å²) in [5, 5.41) is 8.49. The number of hydrogen-bond acceptors (Lipinski definition) is 6. The van der Waals surface area contributed by atoms with Crippen LogP contribution >= 0.6 is 0 Å². The molecule has 0 unspecified atom stereocenters. The maximum Gasteiger partial charge on any atom is 0.228 e. The highest BCUT2D eigenvalue weighted by molar-refractivity contribution is 5.93. The molecular formula is C20H22N8O. The number of pyridine rings is 1. The summed E-state index contributed by atoms with van der Waals surface area (Å²) in [5.41, 5.74) is 3.29. The lowest BCUT2D eigenvalue weighted by atomic mass is 9.66. The highest BCUT2D eigenvalue weighted by Gasteiger charge is 2.47. The topological polar surface area (TPSA) is 104 Å². The molecule has 4 heterocycles. The molecule has 9 nitrogen and oxygen atoms in total. The average Bonchev–Trinajstić information content (AvgIpc) is 3.31. The second-order valence-corrected chi connectivity index (χ2v) is 8.15. The second kappa shape index (κ2) is 6.26. The molecule has 0 spiro atoms. The van der Waals surface area contributed by atoms with E-state index in [1.807, 2.05) is 37.6 Å². The number of aromatic amines is 1. The Bertz CT molecular complexity index is 1220. The van der Waals surface area contributed by atoms with Crippen LogP contribution in [0.15, 0.2) is 37.1 Å². The summed E-state index contributed by atoms with van der Waals surface area (Å²) in [6, 6.07) is 4.14. The van der Waals surface area contributed by atoms with E-state index in [2.05, 4.69) is 30.4 Å². The number of H-pyrrole nitrogens is 1. The molecule has 0 saturated heterocycles. The van der Waals surface area contributed by atoms with Gasteiger partial charge in [-0.25, -0.2) is 14.5 Å². The monoisotopic (exact) mass is 390 g/mol. The maximum absolute atomic E-state index is 12.3. The summed E-state index contributed by atoms with van der Waals surface area (Å²) < 4.78 is 1.74. The summed E-state index contributed by atoms with van der Waals surface area (Å²) in [7, 11) is 3.60. The summed E-state index contributed by atoms with van der Waals surface area (Å²) in [4.78, 5) is 30.5. The van der Waals surface area contributed by atoms with Crippen molar-refractivity contribution < 1.29 is 4.79 Å². The predicted octanol–water partition coefficient (Wildman–Crippen LogP) is 2.34. The number of carbonyl (C=O) groups excluding carboxylic acids is 1. The van der Waals surface area contributed by atoms with Gasteiger partial charge in [0.15, 0.2) is 5.65 Å². The fourth-order valence-electron chi connectivity index (χ4n) is 4.22. The van der Waals surface area contributed by atoms with Crippen molar-refractivity contribution >= 4 is 28.5 Å². The van der Waals surface area contributed by atoms with Crippen LogP contribution in [0.2, 0.25) is 0 Å². The van der Waals surface area contributed by atoms with Gasteiger partial charge in [-0.05, 0) is 25.0 Å². The van der Waals surface area contributed by atoms with Crippen molar-refractivity contribution in [2.45, 2.75) is 25.8 Å². The van der Waals surface area contributed by atoms with Crippen molar-refractivity contribution in [1.82, 2.24) is 34.4 Å². The normalized spacial score (nSPS) is 21.3. The number of fused-ring (bicyclic) bond motifs is 2. The third-order valence-electron chi connectivity index (χ3n) is 5.67. The minimum Gasteiger partial charge on any atom is -0.351 e. The van der Waals surface area contributed by atoms with Crippen LogP contribution < -0.4 is 5.32 Å². The van der Waals surface area contributed by atoms with E-state index in [9.17, 15) is 4.79 Å². The molecule has 0 atom stereocenters. The van der Waals surface area contributed by atoms with Gasteiger partial charge in [0, 0.05) is 55.2 Å². The number of nitrogens with one attached hydrogen (secondary N) is 2. The van der Waals surface area contributed by atoms with Crippen molar-refractivity contribution in [1.29, 1.82) is 0 Å². The van der Waals surface area contributed by atoms with Crippen LogP contribution in [0.5, 0.6) is 0 Å². The quantitative estimate of drug-likeness (QED) is 0.554. The molecule has 4 aromatic heterocycles. The molecule has 1 amide bonds. The van der Waals surface area contributed by atoms with E-state index >= 15 is 0 Å². The van der Waals surface area contributed by atoms with Crippen LogP contribution in [0.4, 0.5) is 5.95 Å². The minimum absolute atomic E-state index is 0.172. The number of hydrogen-bond donors (Lipinski definition) is 2. The fourth-order valence-corrected chi connectivity index (χ4v) is 4.22. The number of aromatic nitrogens is 6. The SMILES string of the molecule is CN(C)C(=O)C1(C)CC(Nc2ncc3c(-c4ccc5ncnn5c4)c[nH]c3n2)C1. The average molecular weight is 390 g/mol. The lowest BCUT2D eigenvalue weighted by Gasteiger charge is -2.45. The lowest BCUT2D eigenvalue weighted by molar-refractivity contribution is -0.143. The minimum atomic E-state index is -0.301. The molecule has 0 aromatic carbocycles. The molecule has 0 aliphatic heterocycles. The Kier molecular flexibility index (Phi) is 3.80. The molecule has 9 heteroatoms. The van der Waals surface area contributed by atoms with E-state index in [0.29, 0.717) is 5.95 Å². The molecular weight excluding hydrogens is 368 g/mol. The van der Waals surface area contributed by atoms with Crippen LogP contribution in [-0.4, -0.2) is 60.5 Å². The van der Waals surface area contributed by atoms with Gasteiger partial charge in [0.05, 0.1) is 5.41 Å². The zero-order valence-electron chi connectivity index (χ0n) is 16.5. The number of carbonyl (C=O) groups is 1. The molecule has 29 heavy (non-hydrogen) atoms. The van der Waals surface area contributed by atoms with Gasteiger partial charge in [0.2, 0.25) is 11.9 Å². The Morgan fingerprint density at radius 3 is 2.93 bits per heavy atom. The van der Waals surface area contributed by atoms with E-state index < -0.39 is 0 Å². The van der Waals surface area contributed by atoms with Crippen molar-refractivity contribution in [2.24, 2.45) is 5.41 Å². The van der Waals surface area contributed by atoms with Gasteiger partial charge < -0.3 is 15.2 Å². The summed E-state index contributed by atoms with van der Waals surface area (Å²) in [5.74, 6) is 0.743. The first-order valence-corrected chi connectivity index (χ1v) is 9.55. The summed E-state index contributed by atoms with van der Waals surface area (Å²) in [6.45, 7) is 2.01. The molecule has 1 saturated carbocycles. The third kappa shape index (κ3) is 2.89. The summed E-state index contributed by atoms with van der Waals surface area (Å²) in [6.07, 6.45) is 8.78. The zero-order valence-corrected chi connectivity index (χ0v) is 16.5. The van der Waals surface area contributed by atoms with Gasteiger partial charge in [-0.2, -0.15) is 10.1 Å². The van der Waals surface area contributed by atoms with E-state index in [-0.39, 0.29) is 17.4 Å². The molecule has 1 aliphatic rings. The Balaban J connectivity index is 1.35. The second-order valence-electron chi connectivity index (χ2n) is 8.15. The lowest BCUT2D eigenvalue weighted by Crippen LogP contribution is -2.52. The molecule has 4 aromatic rings. The molecule has 0 bridgehead atoms. The number of nitrogens with zero attached hydrogens (tertiary/aromatic N) is 6. The van der Waals surface area contributed by atoms with Gasteiger partial charge in [0.1, 0.15) is 12.0 Å². The van der Waals surface area contributed by atoms with Crippen molar-refractivity contribution in [3.05, 3.63) is 37.1 Å². The Hall–Kier alpha value is -3.49. The van der Waals surface area contributed by atoms with Crippen molar-refractivity contribution in [2.75, 3.05) is 19.4 Å². The van der Waals surface area contributed by atoms with E-state index in [0.717, 1.165) is 40.6 Å². The highest BCUT2D eigenvalue weighted by atomic mass is 16.2. The Morgan fingerprint density at radius 2 is 2.14 bits per heavy atom. The maximum atomic E-state index is 12.3. The third-order valence-corrected chi connectivity index (χ3v) is 5.67. The number of amides is 1. The van der Waals surface area contributed by atoms with Gasteiger partial charge in [0.25, 0.3) is 0 Å². The van der Waals surface area contributed by atoms with E-state index in [1.165, 1.54) is 6.33 Å². The van der Waals surface area contributed by atoms with Gasteiger partial charge in [-0.1, -0.05) is 6.92 Å². The van der Waals surface area contributed by atoms with Crippen molar-refractivity contribution in [3.63, 3.8) is 0 Å².